The maximum atomic E-state index is 4.52. The van der Waals surface area contributed by atoms with Crippen LogP contribution in [0.15, 0.2) is 11.6 Å². The number of thiocarbonyl (C=S) groups is 1. The maximum Gasteiger partial charge on any atom is 0.0977 e. The van der Waals surface area contributed by atoms with Crippen molar-refractivity contribution in [3.05, 3.63) is 16.6 Å². The molecule has 0 spiro atoms. The first kappa shape index (κ1) is 5.85. The zero-order valence-electron chi connectivity index (χ0n) is 4.13. The Kier molecular flexibility index (Phi) is 2.11. The van der Waals surface area contributed by atoms with Crippen LogP contribution in [0.2, 0.25) is 0 Å². The van der Waals surface area contributed by atoms with Crippen LogP contribution in [0.3, 0.4) is 0 Å². The average Bonchev–Trinajstić information content (AvgIpc) is 2.19. The lowest BCUT2D eigenvalue weighted by atomic mass is 10.5. The molecule has 8 heavy (non-hydrogen) atoms. The summed E-state index contributed by atoms with van der Waals surface area (Å²) in [5.74, 6) is 0. The van der Waals surface area contributed by atoms with Crippen LogP contribution in [-0.4, -0.2) is 10.4 Å². The third kappa shape index (κ3) is 1.35. The standard InChI is InChI=1S/C5H4NS2/c7-3-1-5-6-2-4-8-5/h2,4H,1H2. The average molecular weight is 142 g/mol. The van der Waals surface area contributed by atoms with Crippen molar-refractivity contribution in [1.82, 2.24) is 4.98 Å². The van der Waals surface area contributed by atoms with E-state index in [2.05, 4.69) is 22.6 Å². The second kappa shape index (κ2) is 2.89. The lowest BCUT2D eigenvalue weighted by Gasteiger charge is -1.77. The van der Waals surface area contributed by atoms with E-state index in [1.165, 1.54) is 0 Å². The molecule has 0 saturated heterocycles. The molecule has 1 aromatic heterocycles. The van der Waals surface area contributed by atoms with E-state index in [0.717, 1.165) is 5.01 Å². The molecule has 0 unspecified atom stereocenters. The molecule has 0 aliphatic rings. The zero-order chi connectivity index (χ0) is 5.82. The van der Waals surface area contributed by atoms with Gasteiger partial charge in [-0.05, 0) is 0 Å². The van der Waals surface area contributed by atoms with E-state index in [-0.39, 0.29) is 0 Å². The van der Waals surface area contributed by atoms with Crippen LogP contribution in [0.4, 0.5) is 0 Å². The van der Waals surface area contributed by atoms with Crippen LogP contribution in [0, 0.1) is 0 Å². The molecule has 0 bridgehead atoms. The van der Waals surface area contributed by atoms with E-state index < -0.39 is 0 Å². The summed E-state index contributed by atoms with van der Waals surface area (Å²) in [5, 5.41) is 5.58. The minimum atomic E-state index is 0.701. The smallest absolute Gasteiger partial charge is 0.0977 e. The molecular weight excluding hydrogens is 138 g/mol. The lowest BCUT2D eigenvalue weighted by molar-refractivity contribution is 1.25. The number of rotatable bonds is 2. The normalized spacial score (nSPS) is 9.00. The minimum absolute atomic E-state index is 0.701. The highest BCUT2D eigenvalue weighted by Gasteiger charge is 1.88. The molecule has 41 valence electrons. The minimum Gasteiger partial charge on any atom is -0.249 e. The molecular formula is C5H4NS2. The van der Waals surface area contributed by atoms with Crippen molar-refractivity contribution in [3.63, 3.8) is 0 Å². The van der Waals surface area contributed by atoms with Gasteiger partial charge in [0.15, 0.2) is 0 Å². The second-order valence-electron chi connectivity index (χ2n) is 1.25. The summed E-state index contributed by atoms with van der Waals surface area (Å²) < 4.78 is 0. The Bertz CT molecular complexity index is 157. The molecule has 0 saturated carbocycles. The molecule has 1 aromatic rings. The third-order valence-corrected chi connectivity index (χ3v) is 1.63. The van der Waals surface area contributed by atoms with Crippen LogP contribution < -0.4 is 0 Å². The quantitative estimate of drug-likeness (QED) is 0.581. The molecule has 1 nitrogen and oxygen atoms in total. The van der Waals surface area contributed by atoms with Gasteiger partial charge in [-0.15, -0.1) is 11.3 Å². The van der Waals surface area contributed by atoms with Gasteiger partial charge in [-0.2, -0.15) is 0 Å². The molecule has 3 heteroatoms. The highest BCUT2D eigenvalue weighted by molar-refractivity contribution is 7.79. The fourth-order valence-corrected chi connectivity index (χ4v) is 1.19. The number of nitrogens with zero attached hydrogens (tertiary/aromatic N) is 1. The van der Waals surface area contributed by atoms with Gasteiger partial charge in [0.1, 0.15) is 0 Å². The largest absolute Gasteiger partial charge is 0.249 e. The maximum absolute atomic E-state index is 4.52. The molecule has 0 amide bonds. The molecule has 1 rings (SSSR count). The second-order valence-corrected chi connectivity index (χ2v) is 2.51. The molecule has 0 aromatic carbocycles. The highest BCUT2D eigenvalue weighted by Crippen LogP contribution is 2.02. The van der Waals surface area contributed by atoms with Gasteiger partial charge < -0.3 is 0 Å². The van der Waals surface area contributed by atoms with Crippen molar-refractivity contribution in [2.45, 2.75) is 6.42 Å². The molecule has 0 atom stereocenters. The fraction of sp³-hybridized carbons (Fsp3) is 0.200. The Balaban J connectivity index is 2.62. The van der Waals surface area contributed by atoms with E-state index in [4.69, 9.17) is 0 Å². The van der Waals surface area contributed by atoms with E-state index >= 15 is 0 Å². The fourth-order valence-electron chi connectivity index (χ4n) is 0.402. The predicted octanol–water partition coefficient (Wildman–Crippen LogP) is 1.56. The van der Waals surface area contributed by atoms with Crippen molar-refractivity contribution in [2.75, 3.05) is 0 Å². The molecule has 0 fully saturated rings. The van der Waals surface area contributed by atoms with Gasteiger partial charge in [-0.25, -0.2) is 4.98 Å². The van der Waals surface area contributed by atoms with Gasteiger partial charge in [0.25, 0.3) is 0 Å². The van der Waals surface area contributed by atoms with Gasteiger partial charge in [0.05, 0.1) is 5.01 Å². The highest BCUT2D eigenvalue weighted by atomic mass is 32.1. The van der Waals surface area contributed by atoms with E-state index in [9.17, 15) is 0 Å². The lowest BCUT2D eigenvalue weighted by Crippen LogP contribution is -1.78. The first-order valence-corrected chi connectivity index (χ1v) is 3.45. The molecule has 1 radical (unpaired) electrons. The van der Waals surface area contributed by atoms with E-state index in [1.54, 1.807) is 17.5 Å². The summed E-state index contributed by atoms with van der Waals surface area (Å²) in [6.07, 6.45) is 2.47. The summed E-state index contributed by atoms with van der Waals surface area (Å²) in [6, 6.07) is 0. The molecule has 0 aliphatic carbocycles. The Morgan fingerprint density at radius 1 is 1.88 bits per heavy atom. The monoisotopic (exact) mass is 142 g/mol. The van der Waals surface area contributed by atoms with Crippen LogP contribution in [-0.2, 0) is 6.42 Å². The van der Waals surface area contributed by atoms with Gasteiger partial charge in [-0.3, -0.25) is 0 Å². The van der Waals surface area contributed by atoms with Gasteiger partial charge in [-0.1, -0.05) is 12.2 Å². The Morgan fingerprint density at radius 2 is 2.75 bits per heavy atom. The summed E-state index contributed by atoms with van der Waals surface area (Å²) in [5.41, 5.74) is 0. The van der Waals surface area contributed by atoms with Crippen LogP contribution in [0.1, 0.15) is 5.01 Å². The third-order valence-electron chi connectivity index (χ3n) is 0.707. The summed E-state index contributed by atoms with van der Waals surface area (Å²) in [6.45, 7) is 0. The molecule has 0 aliphatic heterocycles. The molecule has 0 N–H and O–H groups in total. The number of aromatic nitrogens is 1. The van der Waals surface area contributed by atoms with E-state index in [1.807, 2.05) is 5.38 Å². The Labute approximate surface area is 57.4 Å². The number of hydrogen-bond donors (Lipinski definition) is 0. The van der Waals surface area contributed by atoms with Gasteiger partial charge in [0.2, 0.25) is 0 Å². The summed E-state index contributed by atoms with van der Waals surface area (Å²) >= 11 is 6.12. The number of thiazole rings is 1. The SMILES string of the molecule is S=[C]Cc1nccs1. The van der Waals surface area contributed by atoms with Crippen molar-refractivity contribution >= 4 is 28.9 Å². The first-order chi connectivity index (χ1) is 3.93. The Morgan fingerprint density at radius 3 is 3.25 bits per heavy atom. The molecule has 1 heterocycles. The first-order valence-electron chi connectivity index (χ1n) is 2.17. The predicted molar refractivity (Wildman–Crippen MR) is 38.4 cm³/mol. The van der Waals surface area contributed by atoms with Crippen molar-refractivity contribution < 1.29 is 0 Å². The number of hydrogen-bond acceptors (Lipinski definition) is 3. The van der Waals surface area contributed by atoms with Crippen LogP contribution in [0.5, 0.6) is 0 Å². The van der Waals surface area contributed by atoms with Crippen molar-refractivity contribution in [3.8, 4) is 0 Å². The van der Waals surface area contributed by atoms with Gasteiger partial charge in [0, 0.05) is 23.4 Å². The zero-order valence-corrected chi connectivity index (χ0v) is 5.76. The van der Waals surface area contributed by atoms with Crippen LogP contribution in [0.25, 0.3) is 0 Å². The van der Waals surface area contributed by atoms with Crippen molar-refractivity contribution in [2.24, 2.45) is 0 Å². The van der Waals surface area contributed by atoms with E-state index in [0.29, 0.717) is 6.42 Å². The van der Waals surface area contributed by atoms with Crippen molar-refractivity contribution in [1.29, 1.82) is 0 Å². The van der Waals surface area contributed by atoms with Crippen LogP contribution >= 0.6 is 23.6 Å². The topological polar surface area (TPSA) is 12.9 Å². The summed E-state index contributed by atoms with van der Waals surface area (Å²) in [7, 11) is 0. The van der Waals surface area contributed by atoms with Gasteiger partial charge >= 0.3 is 0 Å². The Hall–Kier alpha value is -0.280. The summed E-state index contributed by atoms with van der Waals surface area (Å²) in [4.78, 5) is 4.00.